The zero-order valence-corrected chi connectivity index (χ0v) is 19.8. The van der Waals surface area contributed by atoms with Gasteiger partial charge in [-0.3, -0.25) is 4.90 Å². The van der Waals surface area contributed by atoms with Crippen LogP contribution < -0.4 is 9.47 Å². The number of phenols is 1. The number of allylic oxidation sites excluding steroid dienone is 1. The molecule has 5 rings (SSSR count). The van der Waals surface area contributed by atoms with Crippen LogP contribution in [0.3, 0.4) is 0 Å². The molecule has 2 heterocycles. The van der Waals surface area contributed by atoms with Gasteiger partial charge in [-0.1, -0.05) is 24.3 Å². The van der Waals surface area contributed by atoms with E-state index < -0.39 is 0 Å². The molecule has 0 radical (unpaired) electrons. The summed E-state index contributed by atoms with van der Waals surface area (Å²) in [6, 6.07) is 19.5. The summed E-state index contributed by atoms with van der Waals surface area (Å²) in [4.78, 5) is 2.34. The quantitative estimate of drug-likeness (QED) is 0.413. The number of hydrogen-bond acceptors (Lipinski definition) is 4. The number of likely N-dealkylation sites (tertiary alicyclic amines) is 1. The van der Waals surface area contributed by atoms with E-state index in [-0.39, 0.29) is 17.7 Å². The van der Waals surface area contributed by atoms with Gasteiger partial charge >= 0.3 is 0 Å². The van der Waals surface area contributed by atoms with Crippen molar-refractivity contribution in [3.8, 4) is 17.2 Å². The summed E-state index contributed by atoms with van der Waals surface area (Å²) in [5.41, 5.74) is 4.61. The van der Waals surface area contributed by atoms with Crippen molar-refractivity contribution >= 4 is 22.7 Å². The Morgan fingerprint density at radius 2 is 1.79 bits per heavy atom. The Kier molecular flexibility index (Phi) is 6.48. The minimum atomic E-state index is -0.370. The van der Waals surface area contributed by atoms with Crippen molar-refractivity contribution in [2.24, 2.45) is 5.92 Å². The van der Waals surface area contributed by atoms with E-state index in [0.717, 1.165) is 59.1 Å². The second-order valence-corrected chi connectivity index (χ2v) is 9.23. The van der Waals surface area contributed by atoms with Gasteiger partial charge in [0.05, 0.1) is 0 Å². The van der Waals surface area contributed by atoms with Gasteiger partial charge in [0.2, 0.25) is 0 Å². The molecule has 3 aromatic carbocycles. The van der Waals surface area contributed by atoms with Gasteiger partial charge in [-0.25, -0.2) is 4.39 Å². The standard InChI is InChI=1S/C28H27ClFNO3/c1-18-25-14-23(32)8-11-26(25)34-28(27(18)20-2-6-22(30)7-3-20)21-4-9-24(10-5-21)33-13-12-31-16-19(15-29)17-31/h2-11,14,19,28,32H,12-13,15-17H2,1H3/t28-/m0/s1. The minimum Gasteiger partial charge on any atom is -0.508 e. The molecule has 2 aliphatic rings. The Morgan fingerprint density at radius 3 is 2.50 bits per heavy atom. The molecule has 1 atom stereocenters. The van der Waals surface area contributed by atoms with Crippen LogP contribution in [-0.2, 0) is 0 Å². The fourth-order valence-electron chi connectivity index (χ4n) is 4.66. The molecule has 0 spiro atoms. The summed E-state index contributed by atoms with van der Waals surface area (Å²) in [6.45, 7) is 5.62. The van der Waals surface area contributed by atoms with Crippen LogP contribution in [0.15, 0.2) is 66.7 Å². The molecule has 0 aliphatic carbocycles. The second-order valence-electron chi connectivity index (χ2n) is 8.92. The zero-order valence-electron chi connectivity index (χ0n) is 19.0. The Morgan fingerprint density at radius 1 is 1.06 bits per heavy atom. The SMILES string of the molecule is CC1=C(c2ccc(F)cc2)[C@H](c2ccc(OCCN3CC(CCl)C3)cc2)Oc2ccc(O)cc21. The monoisotopic (exact) mass is 479 g/mol. The summed E-state index contributed by atoms with van der Waals surface area (Å²) in [7, 11) is 0. The molecule has 176 valence electrons. The lowest BCUT2D eigenvalue weighted by molar-refractivity contribution is 0.0950. The molecule has 0 amide bonds. The Balaban J connectivity index is 1.37. The van der Waals surface area contributed by atoms with Crippen molar-refractivity contribution in [3.05, 3.63) is 89.2 Å². The van der Waals surface area contributed by atoms with Crippen molar-refractivity contribution in [2.45, 2.75) is 13.0 Å². The molecule has 0 aromatic heterocycles. The van der Waals surface area contributed by atoms with E-state index in [0.29, 0.717) is 18.3 Å². The van der Waals surface area contributed by atoms with E-state index in [1.54, 1.807) is 30.3 Å². The first-order chi connectivity index (χ1) is 16.5. The molecule has 0 saturated carbocycles. The van der Waals surface area contributed by atoms with Crippen LogP contribution in [0.1, 0.15) is 29.7 Å². The summed E-state index contributed by atoms with van der Waals surface area (Å²) in [5, 5.41) is 10.0. The lowest BCUT2D eigenvalue weighted by Gasteiger charge is -2.38. The van der Waals surface area contributed by atoms with Gasteiger partial charge < -0.3 is 14.6 Å². The highest BCUT2D eigenvalue weighted by atomic mass is 35.5. The van der Waals surface area contributed by atoms with E-state index in [4.69, 9.17) is 21.1 Å². The molecule has 0 unspecified atom stereocenters. The van der Waals surface area contributed by atoms with Crippen molar-refractivity contribution in [1.82, 2.24) is 4.90 Å². The molecular formula is C28H27ClFNO3. The van der Waals surface area contributed by atoms with Crippen LogP contribution in [0.4, 0.5) is 4.39 Å². The number of aromatic hydroxyl groups is 1. The van der Waals surface area contributed by atoms with Gasteiger partial charge in [0.1, 0.15) is 35.8 Å². The van der Waals surface area contributed by atoms with Crippen molar-refractivity contribution in [3.63, 3.8) is 0 Å². The summed E-state index contributed by atoms with van der Waals surface area (Å²) < 4.78 is 26.0. The molecule has 1 N–H and O–H groups in total. The zero-order chi connectivity index (χ0) is 23.7. The van der Waals surface area contributed by atoms with Crippen molar-refractivity contribution in [2.75, 3.05) is 32.1 Å². The van der Waals surface area contributed by atoms with Crippen LogP contribution in [0.25, 0.3) is 11.1 Å². The maximum Gasteiger partial charge on any atom is 0.150 e. The third-order valence-electron chi connectivity index (χ3n) is 6.54. The van der Waals surface area contributed by atoms with E-state index >= 15 is 0 Å². The number of nitrogens with zero attached hydrogens (tertiary/aromatic N) is 1. The molecular weight excluding hydrogens is 453 g/mol. The highest BCUT2D eigenvalue weighted by Gasteiger charge is 2.30. The summed E-state index contributed by atoms with van der Waals surface area (Å²) >= 11 is 5.88. The van der Waals surface area contributed by atoms with Crippen molar-refractivity contribution < 1.29 is 19.0 Å². The first-order valence-corrected chi connectivity index (χ1v) is 12.0. The third-order valence-corrected chi connectivity index (χ3v) is 6.98. The average molecular weight is 480 g/mol. The van der Waals surface area contributed by atoms with Crippen LogP contribution >= 0.6 is 11.6 Å². The molecule has 3 aromatic rings. The highest BCUT2D eigenvalue weighted by molar-refractivity contribution is 6.18. The third kappa shape index (κ3) is 4.63. The molecule has 1 saturated heterocycles. The topological polar surface area (TPSA) is 41.9 Å². The summed E-state index contributed by atoms with van der Waals surface area (Å²) in [6.07, 6.45) is -0.370. The minimum absolute atomic E-state index is 0.177. The smallest absolute Gasteiger partial charge is 0.150 e. The molecule has 34 heavy (non-hydrogen) atoms. The maximum absolute atomic E-state index is 13.6. The Hall–Kier alpha value is -3.02. The first kappa shape index (κ1) is 22.8. The molecule has 6 heteroatoms. The van der Waals surface area contributed by atoms with E-state index in [9.17, 15) is 9.50 Å². The van der Waals surface area contributed by atoms with Gasteiger partial charge in [-0.05, 0) is 72.0 Å². The van der Waals surface area contributed by atoms with Crippen LogP contribution in [0, 0.1) is 11.7 Å². The predicted octanol–water partition coefficient (Wildman–Crippen LogP) is 6.15. The van der Waals surface area contributed by atoms with Crippen LogP contribution in [-0.4, -0.2) is 42.1 Å². The predicted molar refractivity (Wildman–Crippen MR) is 133 cm³/mol. The number of halogens is 2. The maximum atomic E-state index is 13.6. The van der Waals surface area contributed by atoms with E-state index in [2.05, 4.69) is 4.90 Å². The number of alkyl halides is 1. The number of hydrogen-bond donors (Lipinski definition) is 1. The second kappa shape index (κ2) is 9.69. The number of benzene rings is 3. The molecule has 0 bridgehead atoms. The number of rotatable bonds is 7. The fraction of sp³-hybridized carbons (Fsp3) is 0.286. The van der Waals surface area contributed by atoms with Gasteiger partial charge in [-0.15, -0.1) is 11.6 Å². The fourth-order valence-corrected chi connectivity index (χ4v) is 4.86. The lowest BCUT2D eigenvalue weighted by Crippen LogP contribution is -2.48. The average Bonchev–Trinajstić information content (AvgIpc) is 2.82. The van der Waals surface area contributed by atoms with Crippen molar-refractivity contribution in [1.29, 1.82) is 0 Å². The van der Waals surface area contributed by atoms with E-state index in [1.807, 2.05) is 31.2 Å². The highest BCUT2D eigenvalue weighted by Crippen LogP contribution is 2.47. The number of phenolic OH excluding ortho intramolecular Hbond substituents is 1. The van der Waals surface area contributed by atoms with Gasteiger partial charge in [-0.2, -0.15) is 0 Å². The number of fused-ring (bicyclic) bond motifs is 1. The number of ether oxygens (including phenoxy) is 2. The van der Waals surface area contributed by atoms with Crippen LogP contribution in [0.5, 0.6) is 17.2 Å². The Bertz CT molecular complexity index is 1190. The molecule has 4 nitrogen and oxygen atoms in total. The van der Waals surface area contributed by atoms with Gasteiger partial charge in [0, 0.05) is 36.7 Å². The molecule has 2 aliphatic heterocycles. The van der Waals surface area contributed by atoms with E-state index in [1.165, 1.54) is 12.1 Å². The molecule has 1 fully saturated rings. The van der Waals surface area contributed by atoms with Crippen LogP contribution in [0.2, 0.25) is 0 Å². The first-order valence-electron chi connectivity index (χ1n) is 11.5. The normalized spacial score (nSPS) is 18.3. The Labute approximate surface area is 204 Å². The lowest BCUT2D eigenvalue weighted by atomic mass is 9.86. The largest absolute Gasteiger partial charge is 0.508 e. The van der Waals surface area contributed by atoms with Gasteiger partial charge in [0.15, 0.2) is 0 Å². The van der Waals surface area contributed by atoms with Gasteiger partial charge in [0.25, 0.3) is 0 Å². The summed E-state index contributed by atoms with van der Waals surface area (Å²) in [5.74, 6) is 2.74.